The molecule has 0 aromatic heterocycles. The minimum Gasteiger partial charge on any atom is -0.460 e. The number of ketones is 1. The van der Waals surface area contributed by atoms with E-state index in [2.05, 4.69) is 4.74 Å². The molecule has 17 heavy (non-hydrogen) atoms. The van der Waals surface area contributed by atoms with Gasteiger partial charge in [-0.2, -0.15) is 0 Å². The van der Waals surface area contributed by atoms with Crippen LogP contribution in [0.1, 0.15) is 42.6 Å². The van der Waals surface area contributed by atoms with Crippen LogP contribution in [0.4, 0.5) is 4.39 Å². The third-order valence-electron chi connectivity index (χ3n) is 2.34. The van der Waals surface area contributed by atoms with E-state index in [1.54, 1.807) is 6.92 Å². The summed E-state index contributed by atoms with van der Waals surface area (Å²) in [7, 11) is 0. The number of ether oxygens (including phenoxy) is 1. The van der Waals surface area contributed by atoms with Crippen LogP contribution in [-0.4, -0.2) is 18.4 Å². The number of carbonyl (C=O) groups excluding carboxylic acids is 2. The van der Waals surface area contributed by atoms with Gasteiger partial charge < -0.3 is 4.74 Å². The molecule has 0 aliphatic carbocycles. The zero-order valence-electron chi connectivity index (χ0n) is 10.1. The first-order chi connectivity index (χ1) is 7.97. The molecule has 3 nitrogen and oxygen atoms in total. The van der Waals surface area contributed by atoms with E-state index in [1.165, 1.54) is 18.2 Å². The summed E-state index contributed by atoms with van der Waals surface area (Å²) in [5, 5.41) is 0. The highest BCUT2D eigenvalue weighted by Gasteiger charge is 2.19. The summed E-state index contributed by atoms with van der Waals surface area (Å²) in [4.78, 5) is 22.9. The van der Waals surface area contributed by atoms with Gasteiger partial charge in [-0.25, -0.2) is 9.18 Å². The van der Waals surface area contributed by atoms with Crippen molar-refractivity contribution in [2.24, 2.45) is 0 Å². The largest absolute Gasteiger partial charge is 0.460 e. The van der Waals surface area contributed by atoms with Gasteiger partial charge in [0, 0.05) is 5.56 Å². The Morgan fingerprint density at radius 1 is 1.35 bits per heavy atom. The quantitative estimate of drug-likeness (QED) is 0.460. The van der Waals surface area contributed by atoms with Gasteiger partial charge in [-0.3, -0.25) is 4.79 Å². The molecule has 0 heterocycles. The number of Topliss-reactive ketones (excluding diaryl/α,β-unsaturated/α-hetero) is 1. The molecule has 0 atom stereocenters. The van der Waals surface area contributed by atoms with Crippen LogP contribution in [0.25, 0.3) is 0 Å². The van der Waals surface area contributed by atoms with Crippen molar-refractivity contribution in [3.05, 3.63) is 35.1 Å². The first kappa shape index (κ1) is 13.4. The summed E-state index contributed by atoms with van der Waals surface area (Å²) in [6.07, 6.45) is 0. The van der Waals surface area contributed by atoms with E-state index in [0.29, 0.717) is 5.56 Å². The predicted octanol–water partition coefficient (Wildman–Crippen LogP) is 2.69. The topological polar surface area (TPSA) is 43.4 Å². The zero-order chi connectivity index (χ0) is 13.0. The van der Waals surface area contributed by atoms with Crippen molar-refractivity contribution in [1.29, 1.82) is 0 Å². The molecule has 0 unspecified atom stereocenters. The van der Waals surface area contributed by atoms with Crippen molar-refractivity contribution in [3.8, 4) is 0 Å². The number of carbonyl (C=O) groups is 2. The highest BCUT2D eigenvalue weighted by Crippen LogP contribution is 2.20. The molecule has 0 aliphatic heterocycles. The lowest BCUT2D eigenvalue weighted by Gasteiger charge is -2.08. The minimum absolute atomic E-state index is 0.0510. The fraction of sp³-hybridized carbons (Fsp3) is 0.385. The molecule has 0 saturated heterocycles. The van der Waals surface area contributed by atoms with Crippen LogP contribution in [0, 0.1) is 5.82 Å². The average Bonchev–Trinajstić information content (AvgIpc) is 2.28. The number of benzene rings is 1. The highest BCUT2D eigenvalue weighted by molar-refractivity contribution is 6.40. The third-order valence-corrected chi connectivity index (χ3v) is 2.34. The second-order valence-corrected chi connectivity index (χ2v) is 3.94. The molecule has 0 fully saturated rings. The summed E-state index contributed by atoms with van der Waals surface area (Å²) in [5.41, 5.74) is 0.577. The lowest BCUT2D eigenvalue weighted by atomic mass is 9.98. The Balaban J connectivity index is 3.03. The predicted molar refractivity (Wildman–Crippen MR) is 61.5 cm³/mol. The molecule has 0 spiro atoms. The van der Waals surface area contributed by atoms with E-state index in [0.717, 1.165) is 0 Å². The second-order valence-electron chi connectivity index (χ2n) is 3.94. The van der Waals surface area contributed by atoms with Crippen molar-refractivity contribution >= 4 is 11.8 Å². The Bertz CT molecular complexity index is 438. The summed E-state index contributed by atoms with van der Waals surface area (Å²) < 4.78 is 18.0. The van der Waals surface area contributed by atoms with Crippen molar-refractivity contribution in [1.82, 2.24) is 0 Å². The van der Waals surface area contributed by atoms with Crippen LogP contribution in [0.15, 0.2) is 18.2 Å². The standard InChI is InChI=1S/C13H15FO3/c1-4-17-13(16)12(15)9-5-6-11(14)10(7-9)8(2)3/h5-8H,4H2,1-3H3. The fourth-order valence-electron chi connectivity index (χ4n) is 1.44. The molecule has 0 aliphatic rings. The number of rotatable bonds is 4. The minimum atomic E-state index is -0.909. The van der Waals surface area contributed by atoms with E-state index in [9.17, 15) is 14.0 Å². The first-order valence-electron chi connectivity index (χ1n) is 5.48. The molecule has 0 radical (unpaired) electrons. The van der Waals surface area contributed by atoms with E-state index in [4.69, 9.17) is 0 Å². The Morgan fingerprint density at radius 3 is 2.53 bits per heavy atom. The van der Waals surface area contributed by atoms with Gasteiger partial charge in [-0.15, -0.1) is 0 Å². The van der Waals surface area contributed by atoms with Crippen LogP contribution in [0.2, 0.25) is 0 Å². The number of halogens is 1. The fourth-order valence-corrected chi connectivity index (χ4v) is 1.44. The van der Waals surface area contributed by atoms with E-state index < -0.39 is 11.8 Å². The molecule has 0 bridgehead atoms. The SMILES string of the molecule is CCOC(=O)C(=O)c1ccc(F)c(C(C)C)c1. The highest BCUT2D eigenvalue weighted by atomic mass is 19.1. The van der Waals surface area contributed by atoms with Gasteiger partial charge in [-0.05, 0) is 36.6 Å². The monoisotopic (exact) mass is 238 g/mol. The maximum absolute atomic E-state index is 13.4. The maximum Gasteiger partial charge on any atom is 0.379 e. The van der Waals surface area contributed by atoms with Crippen molar-refractivity contribution in [3.63, 3.8) is 0 Å². The van der Waals surface area contributed by atoms with Gasteiger partial charge in [0.2, 0.25) is 0 Å². The third kappa shape index (κ3) is 3.12. The smallest absolute Gasteiger partial charge is 0.379 e. The molecule has 1 rings (SSSR count). The van der Waals surface area contributed by atoms with Crippen molar-refractivity contribution in [2.75, 3.05) is 6.61 Å². The Labute approximate surface area is 99.6 Å². The van der Waals surface area contributed by atoms with E-state index in [1.807, 2.05) is 13.8 Å². The van der Waals surface area contributed by atoms with Gasteiger partial charge in [0.25, 0.3) is 5.78 Å². The average molecular weight is 238 g/mol. The molecular weight excluding hydrogens is 223 g/mol. The molecular formula is C13H15FO3. The van der Waals surface area contributed by atoms with E-state index in [-0.39, 0.29) is 23.9 Å². The van der Waals surface area contributed by atoms with Gasteiger partial charge >= 0.3 is 5.97 Å². The van der Waals surface area contributed by atoms with Crippen LogP contribution < -0.4 is 0 Å². The summed E-state index contributed by atoms with van der Waals surface area (Å²) >= 11 is 0. The van der Waals surface area contributed by atoms with Gasteiger partial charge in [0.1, 0.15) is 5.82 Å². The van der Waals surface area contributed by atoms with Crippen LogP contribution >= 0.6 is 0 Å². The van der Waals surface area contributed by atoms with Crippen LogP contribution in [0.3, 0.4) is 0 Å². The molecule has 0 saturated carbocycles. The van der Waals surface area contributed by atoms with Gasteiger partial charge in [0.15, 0.2) is 0 Å². The molecule has 0 amide bonds. The summed E-state index contributed by atoms with van der Waals surface area (Å²) in [6.45, 7) is 5.40. The van der Waals surface area contributed by atoms with Crippen molar-refractivity contribution < 1.29 is 18.7 Å². The zero-order valence-corrected chi connectivity index (χ0v) is 10.1. The van der Waals surface area contributed by atoms with Crippen LogP contribution in [-0.2, 0) is 9.53 Å². The maximum atomic E-state index is 13.4. The number of esters is 1. The Hall–Kier alpha value is -1.71. The lowest BCUT2D eigenvalue weighted by Crippen LogP contribution is -2.18. The molecule has 1 aromatic carbocycles. The molecule has 4 heteroatoms. The number of hydrogen-bond acceptors (Lipinski definition) is 3. The van der Waals surface area contributed by atoms with Gasteiger partial charge in [-0.1, -0.05) is 13.8 Å². The molecule has 0 N–H and O–H groups in total. The normalized spacial score (nSPS) is 10.4. The Kier molecular flexibility index (Phi) is 4.37. The Morgan fingerprint density at radius 2 is 2.00 bits per heavy atom. The summed E-state index contributed by atoms with van der Waals surface area (Å²) in [5.74, 6) is -2.08. The van der Waals surface area contributed by atoms with Gasteiger partial charge in [0.05, 0.1) is 6.61 Å². The second kappa shape index (κ2) is 5.57. The first-order valence-corrected chi connectivity index (χ1v) is 5.48. The molecule has 92 valence electrons. The van der Waals surface area contributed by atoms with Crippen molar-refractivity contribution in [2.45, 2.75) is 26.7 Å². The number of hydrogen-bond donors (Lipinski definition) is 0. The van der Waals surface area contributed by atoms with E-state index >= 15 is 0 Å². The lowest BCUT2D eigenvalue weighted by molar-refractivity contribution is -0.137. The molecule has 1 aromatic rings. The van der Waals surface area contributed by atoms with Crippen LogP contribution in [0.5, 0.6) is 0 Å². The summed E-state index contributed by atoms with van der Waals surface area (Å²) in [6, 6.07) is 3.89.